The predicted molar refractivity (Wildman–Crippen MR) is 71.4 cm³/mol. The summed E-state index contributed by atoms with van der Waals surface area (Å²) in [5.74, 6) is 0. The number of alkyl halides is 1. The van der Waals surface area contributed by atoms with Crippen LogP contribution in [-0.2, 0) is 0 Å². The first-order valence-corrected chi connectivity index (χ1v) is 7.12. The first-order valence-electron chi connectivity index (χ1n) is 3.92. The lowest BCUT2D eigenvalue weighted by Crippen LogP contribution is -1.87. The SMILES string of the molecule is Clc1ccc(C(Cl)c2cc(Cl)sc2Cl)s1. The van der Waals surface area contributed by atoms with E-state index in [2.05, 4.69) is 0 Å². The van der Waals surface area contributed by atoms with E-state index < -0.39 is 0 Å². The van der Waals surface area contributed by atoms with Gasteiger partial charge in [0.2, 0.25) is 0 Å². The van der Waals surface area contributed by atoms with Crippen LogP contribution in [0.1, 0.15) is 15.8 Å². The molecule has 0 saturated heterocycles. The summed E-state index contributed by atoms with van der Waals surface area (Å²) in [6, 6.07) is 5.51. The van der Waals surface area contributed by atoms with Crippen LogP contribution in [0.2, 0.25) is 13.0 Å². The molecule has 0 radical (unpaired) electrons. The third-order valence-electron chi connectivity index (χ3n) is 1.80. The van der Waals surface area contributed by atoms with Crippen molar-refractivity contribution in [3.63, 3.8) is 0 Å². The Bertz CT molecular complexity index is 474. The molecule has 2 heterocycles. The first kappa shape index (κ1) is 12.0. The van der Waals surface area contributed by atoms with E-state index in [0.29, 0.717) is 13.0 Å². The zero-order chi connectivity index (χ0) is 11.0. The Hall–Kier alpha value is 0.560. The molecule has 1 atom stereocenters. The smallest absolute Gasteiger partial charge is 0.0994 e. The fraction of sp³-hybridized carbons (Fsp3) is 0.111. The van der Waals surface area contributed by atoms with Crippen molar-refractivity contribution in [3.05, 3.63) is 41.6 Å². The van der Waals surface area contributed by atoms with Crippen LogP contribution in [0.5, 0.6) is 0 Å². The van der Waals surface area contributed by atoms with Crippen LogP contribution in [0.25, 0.3) is 0 Å². The molecule has 0 amide bonds. The highest BCUT2D eigenvalue weighted by Gasteiger charge is 2.18. The van der Waals surface area contributed by atoms with Gasteiger partial charge in [0.25, 0.3) is 0 Å². The molecule has 80 valence electrons. The monoisotopic (exact) mass is 316 g/mol. The third-order valence-corrected chi connectivity index (χ3v) is 5.21. The topological polar surface area (TPSA) is 0 Å². The molecule has 2 aromatic heterocycles. The van der Waals surface area contributed by atoms with Crippen molar-refractivity contribution >= 4 is 69.1 Å². The molecule has 0 aromatic carbocycles. The van der Waals surface area contributed by atoms with Crippen LogP contribution in [0.3, 0.4) is 0 Å². The Labute approximate surface area is 115 Å². The van der Waals surface area contributed by atoms with Gasteiger partial charge in [0.1, 0.15) is 0 Å². The molecule has 0 aliphatic heterocycles. The Balaban J connectivity index is 2.35. The van der Waals surface area contributed by atoms with E-state index in [-0.39, 0.29) is 5.38 Å². The summed E-state index contributed by atoms with van der Waals surface area (Å²) in [4.78, 5) is 0.970. The second kappa shape index (κ2) is 4.82. The van der Waals surface area contributed by atoms with Gasteiger partial charge in [-0.25, -0.2) is 0 Å². The van der Waals surface area contributed by atoms with Crippen LogP contribution in [0, 0.1) is 0 Å². The number of thiophene rings is 2. The van der Waals surface area contributed by atoms with Gasteiger partial charge >= 0.3 is 0 Å². The Morgan fingerprint density at radius 2 is 1.73 bits per heavy atom. The van der Waals surface area contributed by atoms with Crippen LogP contribution in [0.15, 0.2) is 18.2 Å². The number of halogens is 4. The molecule has 0 nitrogen and oxygen atoms in total. The van der Waals surface area contributed by atoms with Gasteiger partial charge in [-0.3, -0.25) is 0 Å². The molecule has 0 saturated carbocycles. The molecule has 0 aliphatic rings. The molecule has 6 heteroatoms. The highest BCUT2D eigenvalue weighted by atomic mass is 35.5. The van der Waals surface area contributed by atoms with E-state index in [9.17, 15) is 0 Å². The molecule has 0 fully saturated rings. The lowest BCUT2D eigenvalue weighted by molar-refractivity contribution is 1.20. The third kappa shape index (κ3) is 2.63. The van der Waals surface area contributed by atoms with Gasteiger partial charge in [0, 0.05) is 10.4 Å². The molecule has 0 N–H and O–H groups in total. The normalized spacial score (nSPS) is 13.1. The summed E-state index contributed by atoms with van der Waals surface area (Å²) in [5.41, 5.74) is 0.840. The molecule has 15 heavy (non-hydrogen) atoms. The molecule has 2 aromatic rings. The van der Waals surface area contributed by atoms with Crippen LogP contribution in [-0.4, -0.2) is 0 Å². The zero-order valence-electron chi connectivity index (χ0n) is 7.14. The van der Waals surface area contributed by atoms with E-state index in [1.165, 1.54) is 22.7 Å². The summed E-state index contributed by atoms with van der Waals surface area (Å²) >= 11 is 26.8. The minimum Gasteiger partial charge on any atom is -0.127 e. The van der Waals surface area contributed by atoms with E-state index in [1.54, 1.807) is 6.07 Å². The lowest BCUT2D eigenvalue weighted by Gasteiger charge is -2.04. The van der Waals surface area contributed by atoms with Gasteiger partial charge in [-0.2, -0.15) is 0 Å². The average Bonchev–Trinajstić information content (AvgIpc) is 2.71. The van der Waals surface area contributed by atoms with Crippen molar-refractivity contribution in [2.75, 3.05) is 0 Å². The molecule has 0 aliphatic carbocycles. The van der Waals surface area contributed by atoms with E-state index in [0.717, 1.165) is 10.4 Å². The van der Waals surface area contributed by atoms with Gasteiger partial charge in [0.15, 0.2) is 0 Å². The van der Waals surface area contributed by atoms with Crippen molar-refractivity contribution in [1.29, 1.82) is 0 Å². The van der Waals surface area contributed by atoms with Crippen molar-refractivity contribution in [2.45, 2.75) is 5.38 Å². The van der Waals surface area contributed by atoms with Crippen molar-refractivity contribution in [3.8, 4) is 0 Å². The Morgan fingerprint density at radius 1 is 1.00 bits per heavy atom. The van der Waals surface area contributed by atoms with Crippen molar-refractivity contribution in [1.82, 2.24) is 0 Å². The fourth-order valence-corrected chi connectivity index (χ4v) is 4.23. The maximum atomic E-state index is 6.28. The fourth-order valence-electron chi connectivity index (χ4n) is 1.14. The first-order chi connectivity index (χ1) is 7.08. The summed E-state index contributed by atoms with van der Waals surface area (Å²) in [6.07, 6.45) is 0. The van der Waals surface area contributed by atoms with Crippen LogP contribution < -0.4 is 0 Å². The van der Waals surface area contributed by atoms with Crippen molar-refractivity contribution < 1.29 is 0 Å². The van der Waals surface area contributed by atoms with Crippen LogP contribution in [0.4, 0.5) is 0 Å². The summed E-state index contributed by atoms with van der Waals surface area (Å²) in [6.45, 7) is 0. The van der Waals surface area contributed by atoms with E-state index in [1.807, 2.05) is 12.1 Å². The summed E-state index contributed by atoms with van der Waals surface area (Å²) in [7, 11) is 0. The number of hydrogen-bond donors (Lipinski definition) is 0. The largest absolute Gasteiger partial charge is 0.127 e. The lowest BCUT2D eigenvalue weighted by atomic mass is 10.2. The molecular formula is C9H4Cl4S2. The zero-order valence-corrected chi connectivity index (χ0v) is 11.8. The molecule has 0 spiro atoms. The predicted octanol–water partition coefficient (Wildman–Crippen LogP) is 6.10. The van der Waals surface area contributed by atoms with Gasteiger partial charge in [-0.1, -0.05) is 34.8 Å². The number of rotatable bonds is 2. The molecule has 1 unspecified atom stereocenters. The minimum absolute atomic E-state index is 0.279. The second-order valence-corrected chi connectivity index (χ2v) is 7.25. The molecular weight excluding hydrogens is 314 g/mol. The van der Waals surface area contributed by atoms with E-state index in [4.69, 9.17) is 46.4 Å². The van der Waals surface area contributed by atoms with Gasteiger partial charge in [-0.15, -0.1) is 34.3 Å². The highest BCUT2D eigenvalue weighted by Crippen LogP contribution is 2.42. The van der Waals surface area contributed by atoms with Crippen LogP contribution >= 0.6 is 69.1 Å². The minimum atomic E-state index is -0.279. The Kier molecular flexibility index (Phi) is 3.87. The highest BCUT2D eigenvalue weighted by molar-refractivity contribution is 7.20. The van der Waals surface area contributed by atoms with Gasteiger partial charge < -0.3 is 0 Å². The Morgan fingerprint density at radius 3 is 2.20 bits per heavy atom. The standard InChI is InChI=1S/C9H4Cl4S2/c10-6-2-1-5(14-6)8(12)4-3-7(11)15-9(4)13/h1-3,8H. The quantitative estimate of drug-likeness (QED) is 0.587. The maximum absolute atomic E-state index is 6.28. The number of hydrogen-bond acceptors (Lipinski definition) is 2. The maximum Gasteiger partial charge on any atom is 0.0994 e. The van der Waals surface area contributed by atoms with Crippen molar-refractivity contribution in [2.24, 2.45) is 0 Å². The summed E-state index contributed by atoms with van der Waals surface area (Å²) < 4.78 is 1.99. The second-order valence-electron chi connectivity index (χ2n) is 2.78. The van der Waals surface area contributed by atoms with E-state index >= 15 is 0 Å². The summed E-state index contributed by atoms with van der Waals surface area (Å²) in [5, 5.41) is -0.279. The molecule has 2 rings (SSSR count). The molecule has 0 bridgehead atoms. The average molecular weight is 318 g/mol. The van der Waals surface area contributed by atoms with Gasteiger partial charge in [0.05, 0.1) is 18.4 Å². The van der Waals surface area contributed by atoms with Gasteiger partial charge in [-0.05, 0) is 18.2 Å².